The second-order valence-electron chi connectivity index (χ2n) is 10.4. The monoisotopic (exact) mass is 559 g/mol. The normalized spacial score (nSPS) is 13.5. The van der Waals surface area contributed by atoms with E-state index in [1.54, 1.807) is 66.9 Å². The summed E-state index contributed by atoms with van der Waals surface area (Å²) in [6, 6.07) is 22.9. The predicted molar refractivity (Wildman–Crippen MR) is 161 cm³/mol. The van der Waals surface area contributed by atoms with Gasteiger partial charge in [0.1, 0.15) is 5.82 Å². The Kier molecular flexibility index (Phi) is 7.47. The average molecular weight is 560 g/mol. The number of carboxylic acids is 1. The second-order valence-corrected chi connectivity index (χ2v) is 10.4. The van der Waals surface area contributed by atoms with Crippen LogP contribution in [0.1, 0.15) is 69.2 Å². The van der Waals surface area contributed by atoms with Gasteiger partial charge < -0.3 is 20.3 Å². The van der Waals surface area contributed by atoms with Crippen molar-refractivity contribution in [1.29, 1.82) is 0 Å². The summed E-state index contributed by atoms with van der Waals surface area (Å²) < 4.78 is 2.21. The third kappa shape index (κ3) is 5.49. The maximum Gasteiger partial charge on any atom is 0.335 e. The highest BCUT2D eigenvalue weighted by Crippen LogP contribution is 2.36. The first-order valence-corrected chi connectivity index (χ1v) is 14.0. The highest BCUT2D eigenvalue weighted by atomic mass is 16.4. The van der Waals surface area contributed by atoms with Crippen molar-refractivity contribution in [3.8, 4) is 11.4 Å². The van der Waals surface area contributed by atoms with Gasteiger partial charge in [-0.3, -0.25) is 14.6 Å². The Labute approximate surface area is 242 Å². The zero-order valence-electron chi connectivity index (χ0n) is 22.8. The molecule has 1 fully saturated rings. The number of hydrogen-bond acceptors (Lipinski definition) is 5. The van der Waals surface area contributed by atoms with Crippen LogP contribution in [0.2, 0.25) is 0 Å². The standard InChI is InChI=1S/C33H29N5O4/c39-31(36-26-13-4-5-14-27(26)37-32(40)24-10-7-17-34-20-24)22-9-6-8-21(18-22)30-35-28-19-23(33(41)42)15-16-29(28)38(30)25-11-2-1-3-12-25/h4-10,13-20,25H,1-3,11-12H2,(H,36,39)(H,37,40)(H,41,42). The molecule has 1 aliphatic rings. The molecule has 2 amide bonds. The summed E-state index contributed by atoms with van der Waals surface area (Å²) in [5.41, 5.74) is 4.20. The molecule has 0 unspecified atom stereocenters. The molecule has 0 radical (unpaired) electrons. The molecule has 0 atom stereocenters. The first-order valence-electron chi connectivity index (χ1n) is 14.0. The van der Waals surface area contributed by atoms with Crippen molar-refractivity contribution in [2.45, 2.75) is 38.1 Å². The minimum atomic E-state index is -0.999. The minimum Gasteiger partial charge on any atom is -0.478 e. The van der Waals surface area contributed by atoms with E-state index in [9.17, 15) is 19.5 Å². The summed E-state index contributed by atoms with van der Waals surface area (Å²) in [7, 11) is 0. The number of aromatic carboxylic acids is 1. The molecular weight excluding hydrogens is 530 g/mol. The van der Waals surface area contributed by atoms with Crippen LogP contribution in [-0.2, 0) is 0 Å². The van der Waals surface area contributed by atoms with E-state index in [-0.39, 0.29) is 23.4 Å². The van der Waals surface area contributed by atoms with Crippen LogP contribution in [-0.4, -0.2) is 37.4 Å². The van der Waals surface area contributed by atoms with Gasteiger partial charge in [-0.1, -0.05) is 43.5 Å². The smallest absolute Gasteiger partial charge is 0.335 e. The Morgan fingerprint density at radius 1 is 0.762 bits per heavy atom. The van der Waals surface area contributed by atoms with Gasteiger partial charge in [0, 0.05) is 29.6 Å². The number of aromatic nitrogens is 3. The van der Waals surface area contributed by atoms with E-state index < -0.39 is 5.97 Å². The highest BCUT2D eigenvalue weighted by Gasteiger charge is 2.23. The molecule has 210 valence electrons. The summed E-state index contributed by atoms with van der Waals surface area (Å²) in [5, 5.41) is 15.3. The van der Waals surface area contributed by atoms with E-state index in [1.165, 1.54) is 12.6 Å². The highest BCUT2D eigenvalue weighted by molar-refractivity contribution is 6.10. The van der Waals surface area contributed by atoms with E-state index in [4.69, 9.17) is 4.98 Å². The lowest BCUT2D eigenvalue weighted by atomic mass is 9.94. The van der Waals surface area contributed by atoms with Crippen molar-refractivity contribution < 1.29 is 19.5 Å². The van der Waals surface area contributed by atoms with Crippen molar-refractivity contribution in [1.82, 2.24) is 14.5 Å². The van der Waals surface area contributed by atoms with Crippen LogP contribution < -0.4 is 10.6 Å². The van der Waals surface area contributed by atoms with E-state index in [0.717, 1.165) is 36.8 Å². The molecule has 0 aliphatic heterocycles. The molecule has 2 heterocycles. The fraction of sp³-hybridized carbons (Fsp3) is 0.182. The topological polar surface area (TPSA) is 126 Å². The van der Waals surface area contributed by atoms with Gasteiger partial charge in [-0.25, -0.2) is 9.78 Å². The second kappa shape index (κ2) is 11.7. The lowest BCUT2D eigenvalue weighted by Crippen LogP contribution is -2.17. The van der Waals surface area contributed by atoms with Crippen LogP contribution in [0.3, 0.4) is 0 Å². The number of benzene rings is 3. The average Bonchev–Trinajstić information content (AvgIpc) is 3.42. The third-order valence-electron chi connectivity index (χ3n) is 7.61. The number of carbonyl (C=O) groups excluding carboxylic acids is 2. The number of carbonyl (C=O) groups is 3. The fourth-order valence-electron chi connectivity index (χ4n) is 5.53. The molecule has 1 aliphatic carbocycles. The number of carboxylic acid groups (broad SMARTS) is 1. The summed E-state index contributed by atoms with van der Waals surface area (Å²) in [5.74, 6) is -0.965. The number of para-hydroxylation sites is 2. The number of hydrogen-bond donors (Lipinski definition) is 3. The molecule has 2 aromatic heterocycles. The number of anilines is 2. The first kappa shape index (κ1) is 26.9. The Hall–Kier alpha value is -5.31. The lowest BCUT2D eigenvalue weighted by molar-refractivity contribution is 0.0696. The lowest BCUT2D eigenvalue weighted by Gasteiger charge is -2.25. The van der Waals surface area contributed by atoms with Crippen molar-refractivity contribution >= 4 is 40.2 Å². The number of nitrogens with zero attached hydrogens (tertiary/aromatic N) is 3. The van der Waals surface area contributed by atoms with Crippen LogP contribution in [0.15, 0.2) is 91.3 Å². The molecular formula is C33H29N5O4. The molecule has 42 heavy (non-hydrogen) atoms. The van der Waals surface area contributed by atoms with Crippen molar-refractivity contribution in [3.05, 3.63) is 108 Å². The quantitative estimate of drug-likeness (QED) is 0.201. The third-order valence-corrected chi connectivity index (χ3v) is 7.61. The number of nitrogens with one attached hydrogen (secondary N) is 2. The van der Waals surface area contributed by atoms with Crippen LogP contribution in [0.5, 0.6) is 0 Å². The van der Waals surface area contributed by atoms with Gasteiger partial charge in [-0.15, -0.1) is 0 Å². The summed E-state index contributed by atoms with van der Waals surface area (Å²) in [6.45, 7) is 0. The van der Waals surface area contributed by atoms with Crippen LogP contribution in [0.25, 0.3) is 22.4 Å². The molecule has 3 N–H and O–H groups in total. The number of rotatable bonds is 7. The molecule has 5 aromatic rings. The van der Waals surface area contributed by atoms with Crippen molar-refractivity contribution in [2.75, 3.05) is 10.6 Å². The maximum absolute atomic E-state index is 13.5. The molecule has 6 rings (SSSR count). The van der Waals surface area contributed by atoms with Crippen molar-refractivity contribution in [2.24, 2.45) is 0 Å². The van der Waals surface area contributed by atoms with Gasteiger partial charge in [0.25, 0.3) is 11.8 Å². The van der Waals surface area contributed by atoms with Gasteiger partial charge >= 0.3 is 5.97 Å². The van der Waals surface area contributed by atoms with Crippen LogP contribution in [0.4, 0.5) is 11.4 Å². The number of amides is 2. The fourth-order valence-corrected chi connectivity index (χ4v) is 5.53. The summed E-state index contributed by atoms with van der Waals surface area (Å²) in [6.07, 6.45) is 8.54. The van der Waals surface area contributed by atoms with Gasteiger partial charge in [0.2, 0.25) is 0 Å². The Balaban J connectivity index is 1.31. The molecule has 9 heteroatoms. The van der Waals surface area contributed by atoms with Crippen LogP contribution >= 0.6 is 0 Å². The minimum absolute atomic E-state index is 0.185. The maximum atomic E-state index is 13.5. The van der Waals surface area contributed by atoms with Gasteiger partial charge in [-0.05, 0) is 67.4 Å². The number of imidazole rings is 1. The van der Waals surface area contributed by atoms with Gasteiger partial charge in [0.15, 0.2) is 0 Å². The first-order chi connectivity index (χ1) is 20.5. The van der Waals surface area contributed by atoms with Gasteiger partial charge in [-0.2, -0.15) is 0 Å². The van der Waals surface area contributed by atoms with Gasteiger partial charge in [0.05, 0.1) is 33.5 Å². The van der Waals surface area contributed by atoms with E-state index >= 15 is 0 Å². The Bertz CT molecular complexity index is 1790. The van der Waals surface area contributed by atoms with Crippen LogP contribution in [0, 0.1) is 0 Å². The Morgan fingerprint density at radius 2 is 1.48 bits per heavy atom. The van der Waals surface area contributed by atoms with E-state index in [1.807, 2.05) is 18.2 Å². The zero-order valence-corrected chi connectivity index (χ0v) is 22.8. The zero-order chi connectivity index (χ0) is 29.1. The molecule has 0 spiro atoms. The van der Waals surface area contributed by atoms with Crippen molar-refractivity contribution in [3.63, 3.8) is 0 Å². The molecule has 3 aromatic carbocycles. The molecule has 0 bridgehead atoms. The molecule has 1 saturated carbocycles. The number of fused-ring (bicyclic) bond motifs is 1. The molecule has 0 saturated heterocycles. The summed E-state index contributed by atoms with van der Waals surface area (Å²) >= 11 is 0. The van der Waals surface area contributed by atoms with E-state index in [0.29, 0.717) is 33.8 Å². The molecule has 9 nitrogen and oxygen atoms in total. The SMILES string of the molecule is O=C(O)c1ccc2c(c1)nc(-c1cccc(C(=O)Nc3ccccc3NC(=O)c3cccnc3)c1)n2C1CCCCC1. The Morgan fingerprint density at radius 3 is 2.17 bits per heavy atom. The van der Waals surface area contributed by atoms with E-state index in [2.05, 4.69) is 20.2 Å². The largest absolute Gasteiger partial charge is 0.478 e. The number of pyridine rings is 1. The predicted octanol–water partition coefficient (Wildman–Crippen LogP) is 6.81. The summed E-state index contributed by atoms with van der Waals surface area (Å²) in [4.78, 5) is 46.7.